The van der Waals surface area contributed by atoms with Gasteiger partial charge in [0.1, 0.15) is 0 Å². The molecular formula is C5H12NO+. The highest BCUT2D eigenvalue weighted by atomic mass is 16.3. The van der Waals surface area contributed by atoms with Gasteiger partial charge in [-0.05, 0) is 18.6 Å². The second kappa shape index (κ2) is 3.84. The van der Waals surface area contributed by atoms with Crippen LogP contribution in [0.2, 0.25) is 0 Å². The van der Waals surface area contributed by atoms with E-state index in [2.05, 4.69) is 5.73 Å². The highest BCUT2D eigenvalue weighted by Gasteiger charge is 1.79. The van der Waals surface area contributed by atoms with Gasteiger partial charge in [-0.2, -0.15) is 0 Å². The summed E-state index contributed by atoms with van der Waals surface area (Å²) in [5, 5.41) is 8.37. The van der Waals surface area contributed by atoms with Crippen LogP contribution < -0.4 is 5.73 Å². The smallest absolute Gasteiger partial charge is 0.0930 e. The first-order chi connectivity index (χ1) is 3.31. The lowest BCUT2D eigenvalue weighted by Crippen LogP contribution is -2.49. The third-order valence-electron chi connectivity index (χ3n) is 0.742. The van der Waals surface area contributed by atoms with Crippen molar-refractivity contribution in [1.82, 2.24) is 0 Å². The summed E-state index contributed by atoms with van der Waals surface area (Å²) in [6, 6.07) is 0. The van der Waals surface area contributed by atoms with E-state index in [4.69, 9.17) is 5.11 Å². The third kappa shape index (κ3) is 3.49. The summed E-state index contributed by atoms with van der Waals surface area (Å²) < 4.78 is 0. The van der Waals surface area contributed by atoms with E-state index >= 15 is 0 Å². The van der Waals surface area contributed by atoms with Crippen molar-refractivity contribution in [3.63, 3.8) is 0 Å². The fourth-order valence-electron chi connectivity index (χ4n) is 0.311. The molecule has 7 heavy (non-hydrogen) atoms. The highest BCUT2D eigenvalue weighted by Crippen LogP contribution is 1.84. The van der Waals surface area contributed by atoms with Crippen LogP contribution in [0.15, 0.2) is 11.6 Å². The molecule has 0 amide bonds. The molecular weight excluding hydrogens is 90.1 g/mol. The minimum absolute atomic E-state index is 0.162. The normalized spacial score (nSPS) is 12.1. The van der Waals surface area contributed by atoms with Gasteiger partial charge in [0.15, 0.2) is 0 Å². The van der Waals surface area contributed by atoms with Crippen LogP contribution in [0.1, 0.15) is 6.92 Å². The van der Waals surface area contributed by atoms with Crippen LogP contribution in [0.5, 0.6) is 0 Å². The number of quaternary nitrogens is 1. The SMILES string of the molecule is C/C(=C\C[NH3+])CO. The maximum atomic E-state index is 8.37. The van der Waals surface area contributed by atoms with Crippen LogP contribution in [0, 0.1) is 0 Å². The maximum absolute atomic E-state index is 8.37. The molecule has 0 spiro atoms. The topological polar surface area (TPSA) is 47.9 Å². The average Bonchev–Trinajstić information content (AvgIpc) is 1.68. The van der Waals surface area contributed by atoms with E-state index in [0.29, 0.717) is 0 Å². The summed E-state index contributed by atoms with van der Waals surface area (Å²) >= 11 is 0. The fourth-order valence-corrected chi connectivity index (χ4v) is 0.311. The lowest BCUT2D eigenvalue weighted by molar-refractivity contribution is -0.353. The Morgan fingerprint density at radius 3 is 2.57 bits per heavy atom. The van der Waals surface area contributed by atoms with Crippen molar-refractivity contribution >= 4 is 0 Å². The van der Waals surface area contributed by atoms with Crippen LogP contribution in [-0.2, 0) is 0 Å². The van der Waals surface area contributed by atoms with E-state index in [1.165, 1.54) is 0 Å². The molecule has 0 aliphatic rings. The highest BCUT2D eigenvalue weighted by molar-refractivity contribution is 4.96. The average molecular weight is 102 g/mol. The molecule has 0 heterocycles. The van der Waals surface area contributed by atoms with Crippen LogP contribution >= 0.6 is 0 Å². The van der Waals surface area contributed by atoms with Gasteiger partial charge in [-0.1, -0.05) is 0 Å². The van der Waals surface area contributed by atoms with E-state index in [1.54, 1.807) is 0 Å². The summed E-state index contributed by atoms with van der Waals surface area (Å²) in [7, 11) is 0. The molecule has 0 saturated carbocycles. The van der Waals surface area contributed by atoms with Gasteiger partial charge in [-0.25, -0.2) is 0 Å². The maximum Gasteiger partial charge on any atom is 0.0930 e. The molecule has 2 heteroatoms. The Balaban J connectivity index is 3.29. The summed E-state index contributed by atoms with van der Waals surface area (Å²) in [4.78, 5) is 0. The first-order valence-electron chi connectivity index (χ1n) is 2.37. The van der Waals surface area contributed by atoms with Crippen molar-refractivity contribution in [2.75, 3.05) is 13.2 Å². The second-order valence-electron chi connectivity index (χ2n) is 1.50. The van der Waals surface area contributed by atoms with Gasteiger partial charge in [-0.15, -0.1) is 0 Å². The number of hydrogen-bond donors (Lipinski definition) is 2. The Morgan fingerprint density at radius 1 is 1.86 bits per heavy atom. The molecule has 0 aliphatic heterocycles. The van der Waals surface area contributed by atoms with E-state index in [1.807, 2.05) is 13.0 Å². The molecule has 0 rings (SSSR count). The zero-order valence-electron chi connectivity index (χ0n) is 4.65. The first-order valence-corrected chi connectivity index (χ1v) is 2.37. The van der Waals surface area contributed by atoms with Gasteiger partial charge >= 0.3 is 0 Å². The summed E-state index contributed by atoms with van der Waals surface area (Å²) in [5.41, 5.74) is 4.58. The minimum Gasteiger partial charge on any atom is -0.392 e. The standard InChI is InChI=1S/C5H11NO/c1-5(4-7)2-3-6/h2,7H,3-4,6H2,1H3/p+1/b5-2+. The lowest BCUT2D eigenvalue weighted by Gasteiger charge is -1.86. The molecule has 0 aliphatic carbocycles. The van der Waals surface area contributed by atoms with Crippen molar-refractivity contribution in [2.24, 2.45) is 0 Å². The van der Waals surface area contributed by atoms with Gasteiger partial charge in [0.2, 0.25) is 0 Å². The van der Waals surface area contributed by atoms with Crippen molar-refractivity contribution in [1.29, 1.82) is 0 Å². The monoisotopic (exact) mass is 102 g/mol. The number of rotatable bonds is 2. The molecule has 0 radical (unpaired) electrons. The summed E-state index contributed by atoms with van der Waals surface area (Å²) in [6.07, 6.45) is 1.90. The number of hydrogen-bond acceptors (Lipinski definition) is 1. The molecule has 42 valence electrons. The van der Waals surface area contributed by atoms with Gasteiger partial charge in [0.05, 0.1) is 13.2 Å². The quantitative estimate of drug-likeness (QED) is 0.439. The van der Waals surface area contributed by atoms with E-state index in [-0.39, 0.29) is 6.61 Å². The molecule has 2 nitrogen and oxygen atoms in total. The zero-order chi connectivity index (χ0) is 5.70. The Labute approximate surface area is 43.6 Å². The predicted octanol–water partition coefficient (Wildman–Crippen LogP) is -0.833. The molecule has 4 N–H and O–H groups in total. The predicted molar refractivity (Wildman–Crippen MR) is 28.6 cm³/mol. The third-order valence-corrected chi connectivity index (χ3v) is 0.742. The molecule has 0 aromatic rings. The van der Waals surface area contributed by atoms with Crippen molar-refractivity contribution in [3.05, 3.63) is 11.6 Å². The molecule has 0 atom stereocenters. The molecule has 0 aromatic heterocycles. The molecule has 0 aromatic carbocycles. The first kappa shape index (κ1) is 6.66. The van der Waals surface area contributed by atoms with Crippen LogP contribution in [-0.4, -0.2) is 18.3 Å². The molecule has 0 fully saturated rings. The Kier molecular flexibility index (Phi) is 3.65. The minimum atomic E-state index is 0.162. The van der Waals surface area contributed by atoms with Crippen LogP contribution in [0.4, 0.5) is 0 Å². The molecule has 0 unspecified atom stereocenters. The summed E-state index contributed by atoms with van der Waals surface area (Å²) in [5.74, 6) is 0. The zero-order valence-corrected chi connectivity index (χ0v) is 4.65. The molecule has 0 saturated heterocycles. The largest absolute Gasteiger partial charge is 0.392 e. The Morgan fingerprint density at radius 2 is 2.43 bits per heavy atom. The van der Waals surface area contributed by atoms with Crippen molar-refractivity contribution in [2.45, 2.75) is 6.92 Å². The van der Waals surface area contributed by atoms with Crippen LogP contribution in [0.3, 0.4) is 0 Å². The number of aliphatic hydroxyl groups is 1. The van der Waals surface area contributed by atoms with Crippen molar-refractivity contribution < 1.29 is 10.8 Å². The summed E-state index contributed by atoms with van der Waals surface area (Å²) in [6.45, 7) is 2.81. The van der Waals surface area contributed by atoms with E-state index in [0.717, 1.165) is 12.1 Å². The Hall–Kier alpha value is -0.340. The van der Waals surface area contributed by atoms with Gasteiger partial charge in [0, 0.05) is 0 Å². The fraction of sp³-hybridized carbons (Fsp3) is 0.600. The van der Waals surface area contributed by atoms with Gasteiger partial charge in [-0.3, -0.25) is 0 Å². The lowest BCUT2D eigenvalue weighted by atomic mass is 10.3. The van der Waals surface area contributed by atoms with Crippen LogP contribution in [0.25, 0.3) is 0 Å². The second-order valence-corrected chi connectivity index (χ2v) is 1.50. The van der Waals surface area contributed by atoms with Crippen molar-refractivity contribution in [3.8, 4) is 0 Å². The Bertz CT molecular complexity index is 68.5. The number of aliphatic hydroxyl groups excluding tert-OH is 1. The van der Waals surface area contributed by atoms with E-state index < -0.39 is 0 Å². The molecule has 0 bridgehead atoms. The van der Waals surface area contributed by atoms with Gasteiger partial charge < -0.3 is 10.8 Å². The van der Waals surface area contributed by atoms with E-state index in [9.17, 15) is 0 Å². The van der Waals surface area contributed by atoms with Gasteiger partial charge in [0.25, 0.3) is 0 Å².